The average Bonchev–Trinajstić information content (AvgIpc) is 3.60. The van der Waals surface area contributed by atoms with Crippen molar-refractivity contribution in [1.82, 2.24) is 20.0 Å². The molecule has 2 aliphatic heterocycles. The molecule has 21 heteroatoms. The molecule has 12 nitrogen and oxygen atoms in total. The Hall–Kier alpha value is -5.43. The van der Waals surface area contributed by atoms with Gasteiger partial charge in [-0.1, -0.05) is 76.8 Å². The minimum absolute atomic E-state index is 0.0815. The zero-order chi connectivity index (χ0) is 44.6. The number of pyridine rings is 2. The molecule has 324 valence electrons. The molecule has 2 aromatic heterocycles. The van der Waals surface area contributed by atoms with Gasteiger partial charge >= 0.3 is 12.4 Å². The van der Waals surface area contributed by atoms with Gasteiger partial charge in [0.25, 0.3) is 23.6 Å². The number of ether oxygens (including phenoxy) is 1. The molecule has 4 heterocycles. The summed E-state index contributed by atoms with van der Waals surface area (Å²) in [6.45, 7) is -0.590. The SMILES string of the molecule is CN(c1nc(C(F)(F)F)ccc1Cl)N1C(=O)[C@H]2[C@H](CC=C3[C@H]2C[C@H]2C(=O)N(Nc4ncc(C(F)(F)F)cc4Cl)C(=O)[C@@]2(c2ccc(Cl)cc2)[C@H]3c2ccccc2OCCO)C1=O. The summed E-state index contributed by atoms with van der Waals surface area (Å²) in [5.41, 5.74) is -0.789. The zero-order valence-electron chi connectivity index (χ0n) is 31.8. The first kappa shape index (κ1) is 43.2. The average molecular weight is 924 g/mol. The largest absolute Gasteiger partial charge is 0.491 e. The first-order valence-corrected chi connectivity index (χ1v) is 20.0. The fourth-order valence-electron chi connectivity index (χ4n) is 9.32. The maximum Gasteiger partial charge on any atom is 0.433 e. The highest BCUT2D eigenvalue weighted by molar-refractivity contribution is 6.33. The molecule has 0 spiro atoms. The minimum Gasteiger partial charge on any atom is -0.491 e. The number of carbonyl (C=O) groups excluding carboxylic acids is 4. The molecule has 4 aromatic rings. The fraction of sp³-hybridized carbons (Fsp3) is 0.317. The van der Waals surface area contributed by atoms with Crippen LogP contribution in [0.25, 0.3) is 0 Å². The van der Waals surface area contributed by atoms with E-state index >= 15 is 4.79 Å². The number of halogens is 9. The molecule has 2 aliphatic carbocycles. The number of aromatic nitrogens is 2. The van der Waals surface area contributed by atoms with Gasteiger partial charge in [-0.3, -0.25) is 29.6 Å². The van der Waals surface area contributed by atoms with Gasteiger partial charge in [-0.05, 0) is 60.7 Å². The maximum absolute atomic E-state index is 15.5. The molecule has 0 radical (unpaired) electrons. The highest BCUT2D eigenvalue weighted by Crippen LogP contribution is 2.65. The number of hydrazine groups is 2. The van der Waals surface area contributed by atoms with Crippen LogP contribution >= 0.6 is 34.8 Å². The Morgan fingerprint density at radius 1 is 0.903 bits per heavy atom. The summed E-state index contributed by atoms with van der Waals surface area (Å²) in [5.74, 6) is -9.96. The number of aliphatic hydroxyl groups excluding tert-OH is 1. The number of alkyl halides is 6. The lowest BCUT2D eigenvalue weighted by molar-refractivity contribution is -0.142. The van der Waals surface area contributed by atoms with Crippen molar-refractivity contribution in [3.05, 3.63) is 122 Å². The quantitative estimate of drug-likeness (QED) is 0.0967. The molecular weight excluding hydrogens is 893 g/mol. The van der Waals surface area contributed by atoms with Gasteiger partial charge in [0.15, 0.2) is 11.6 Å². The van der Waals surface area contributed by atoms with E-state index in [4.69, 9.17) is 39.5 Å². The van der Waals surface area contributed by atoms with E-state index in [1.807, 2.05) is 0 Å². The molecule has 0 bridgehead atoms. The Balaban J connectivity index is 1.29. The second-order valence-electron chi connectivity index (χ2n) is 15.0. The Kier molecular flexibility index (Phi) is 11.0. The summed E-state index contributed by atoms with van der Waals surface area (Å²) in [6.07, 6.45) is -7.85. The van der Waals surface area contributed by atoms with Crippen LogP contribution in [0.2, 0.25) is 15.1 Å². The van der Waals surface area contributed by atoms with Crippen molar-refractivity contribution in [2.75, 3.05) is 30.7 Å². The third kappa shape index (κ3) is 6.91. The molecule has 6 atom stereocenters. The maximum atomic E-state index is 15.5. The van der Waals surface area contributed by atoms with Crippen LogP contribution in [0, 0.1) is 23.7 Å². The first-order chi connectivity index (χ1) is 29.3. The zero-order valence-corrected chi connectivity index (χ0v) is 34.1. The van der Waals surface area contributed by atoms with E-state index in [9.17, 15) is 45.8 Å². The lowest BCUT2D eigenvalue weighted by atomic mass is 9.49. The smallest absolute Gasteiger partial charge is 0.433 e. The Morgan fingerprint density at radius 3 is 2.27 bits per heavy atom. The van der Waals surface area contributed by atoms with E-state index < -0.39 is 106 Å². The van der Waals surface area contributed by atoms with E-state index in [2.05, 4.69) is 15.4 Å². The number of nitrogens with one attached hydrogen (secondary N) is 1. The molecule has 2 N–H and O–H groups in total. The van der Waals surface area contributed by atoms with E-state index in [1.165, 1.54) is 19.2 Å². The third-order valence-corrected chi connectivity index (χ3v) is 12.7. The Labute approximate surface area is 362 Å². The lowest BCUT2D eigenvalue weighted by Crippen LogP contribution is -2.53. The van der Waals surface area contributed by atoms with Crippen LogP contribution in [-0.2, 0) is 36.9 Å². The number of aliphatic hydroxyl groups is 1. The van der Waals surface area contributed by atoms with Crippen molar-refractivity contribution in [2.45, 2.75) is 36.5 Å². The van der Waals surface area contributed by atoms with Crippen LogP contribution in [0.3, 0.4) is 0 Å². The van der Waals surface area contributed by atoms with Gasteiger partial charge in [0.2, 0.25) is 0 Å². The van der Waals surface area contributed by atoms with E-state index in [1.54, 1.807) is 42.5 Å². The van der Waals surface area contributed by atoms with Crippen LogP contribution in [0.15, 0.2) is 84.6 Å². The summed E-state index contributed by atoms with van der Waals surface area (Å²) in [7, 11) is 1.17. The number of anilines is 2. The molecule has 62 heavy (non-hydrogen) atoms. The van der Waals surface area contributed by atoms with Gasteiger partial charge in [-0.15, -0.1) is 0 Å². The van der Waals surface area contributed by atoms with Gasteiger partial charge < -0.3 is 9.84 Å². The molecule has 2 saturated heterocycles. The van der Waals surface area contributed by atoms with E-state index in [-0.39, 0.29) is 40.8 Å². The molecular formula is C41H31Cl3F6N6O6. The number of nitrogens with zero attached hydrogens (tertiary/aromatic N) is 5. The van der Waals surface area contributed by atoms with Crippen LogP contribution in [0.1, 0.15) is 41.1 Å². The fourth-order valence-corrected chi connectivity index (χ4v) is 9.89. The van der Waals surface area contributed by atoms with Gasteiger partial charge in [-0.2, -0.15) is 36.4 Å². The number of carbonyl (C=O) groups is 4. The van der Waals surface area contributed by atoms with Crippen molar-refractivity contribution in [3.8, 4) is 5.75 Å². The molecule has 2 aromatic carbocycles. The van der Waals surface area contributed by atoms with E-state index in [0.717, 1.165) is 11.1 Å². The van der Waals surface area contributed by atoms with Crippen LogP contribution in [-0.4, -0.2) is 69.0 Å². The predicted molar refractivity (Wildman–Crippen MR) is 210 cm³/mol. The number of amides is 4. The normalized spacial score (nSPS) is 24.8. The number of rotatable bonds is 9. The van der Waals surface area contributed by atoms with Crippen molar-refractivity contribution in [1.29, 1.82) is 0 Å². The number of para-hydroxylation sites is 1. The minimum atomic E-state index is -4.89. The first-order valence-electron chi connectivity index (χ1n) is 18.8. The van der Waals surface area contributed by atoms with Crippen molar-refractivity contribution < 1.29 is 55.4 Å². The van der Waals surface area contributed by atoms with Crippen LogP contribution in [0.4, 0.5) is 38.0 Å². The summed E-state index contributed by atoms with van der Waals surface area (Å²) < 4.78 is 87.9. The van der Waals surface area contributed by atoms with E-state index in [0.29, 0.717) is 39.5 Å². The number of hydrogen-bond acceptors (Lipinski definition) is 10. The molecule has 4 aliphatic rings. The topological polar surface area (TPSA) is 145 Å². The van der Waals surface area contributed by atoms with Gasteiger partial charge in [0.1, 0.15) is 18.1 Å². The second kappa shape index (κ2) is 15.7. The molecule has 4 amide bonds. The summed E-state index contributed by atoms with van der Waals surface area (Å²) in [4.78, 5) is 66.8. The number of imide groups is 2. The summed E-state index contributed by atoms with van der Waals surface area (Å²) in [5, 5.41) is 11.3. The number of benzene rings is 2. The number of hydrogen-bond donors (Lipinski definition) is 2. The molecule has 1 saturated carbocycles. The van der Waals surface area contributed by atoms with Crippen LogP contribution < -0.4 is 15.2 Å². The number of allylic oxidation sites excluding steroid dienone is 2. The van der Waals surface area contributed by atoms with Crippen molar-refractivity contribution >= 4 is 70.1 Å². The van der Waals surface area contributed by atoms with Gasteiger partial charge in [0.05, 0.1) is 45.4 Å². The predicted octanol–water partition coefficient (Wildman–Crippen LogP) is 7.88. The lowest BCUT2D eigenvalue weighted by Gasteiger charge is -2.50. The highest BCUT2D eigenvalue weighted by Gasteiger charge is 2.71. The Morgan fingerprint density at radius 2 is 1.61 bits per heavy atom. The second-order valence-corrected chi connectivity index (χ2v) is 16.3. The van der Waals surface area contributed by atoms with Crippen LogP contribution in [0.5, 0.6) is 5.75 Å². The number of fused-ring (bicyclic) bond motifs is 4. The monoisotopic (exact) mass is 922 g/mol. The molecule has 3 fully saturated rings. The summed E-state index contributed by atoms with van der Waals surface area (Å²) in [6, 6.07) is 14.8. The van der Waals surface area contributed by atoms with Crippen molar-refractivity contribution in [3.63, 3.8) is 0 Å². The van der Waals surface area contributed by atoms with Gasteiger partial charge in [-0.25, -0.2) is 9.97 Å². The standard InChI is InChI=1S/C41H31Cl3F6N6O6/c1-54(34-27(43)12-13-30(52-34)41(48,49)50)56-35(58)24-11-10-22-25(31(24)37(56)60)17-26-36(59)55(53-33-28(44)16-20(18-51-33)40(45,46)47)38(61)39(26,19-6-8-21(42)9-7-19)32(22)23-4-2-3-5-29(23)62-15-14-57/h2-10,12-13,16,18,24-26,31-32,57H,11,14-15,17H2,1H3,(H,51,53)/t24-,25+,26-,31-,32+,39+/m0/s1. The highest BCUT2D eigenvalue weighted by atomic mass is 35.5. The molecule has 0 unspecified atom stereocenters. The molecule has 8 rings (SSSR count). The van der Waals surface area contributed by atoms with Crippen molar-refractivity contribution in [2.24, 2.45) is 23.7 Å². The Bertz CT molecular complexity index is 2540. The summed E-state index contributed by atoms with van der Waals surface area (Å²) >= 11 is 18.9. The third-order valence-electron chi connectivity index (χ3n) is 11.8. The van der Waals surface area contributed by atoms with Gasteiger partial charge in [0, 0.05) is 29.7 Å².